The van der Waals surface area contributed by atoms with Crippen molar-refractivity contribution < 1.29 is 18.4 Å². The Morgan fingerprint density at radius 1 is 1.32 bits per heavy atom. The van der Waals surface area contributed by atoms with Crippen LogP contribution in [0.2, 0.25) is 0 Å². The van der Waals surface area contributed by atoms with Crippen molar-refractivity contribution in [3.8, 4) is 0 Å². The summed E-state index contributed by atoms with van der Waals surface area (Å²) in [7, 11) is 0. The van der Waals surface area contributed by atoms with Crippen LogP contribution in [0.3, 0.4) is 0 Å². The first kappa shape index (κ1) is 17.8. The largest absolute Gasteiger partial charge is 0.349 e. The molecule has 1 heterocycles. The molecule has 2 fully saturated rings. The zero-order chi connectivity index (χ0) is 18.1. The lowest BCUT2D eigenvalue weighted by molar-refractivity contribution is -0.131. The molecule has 2 amide bonds. The lowest BCUT2D eigenvalue weighted by atomic mass is 9.98. The third-order valence-corrected chi connectivity index (χ3v) is 5.36. The molecule has 1 aliphatic carbocycles. The standard InChI is InChI=1S/C18H23F2N3O2/c1-10(24)22-17(13-4-3-12(19)6-15(13)20)7-18(25)23-8-11-2-5-16(21)14(11)9-23/h3-4,6,11,14,16-17H,2,5,7-9,21H2,1H3,(H,22,24). The first-order chi connectivity index (χ1) is 11.8. The van der Waals surface area contributed by atoms with Crippen LogP contribution in [-0.2, 0) is 9.59 Å². The topological polar surface area (TPSA) is 75.4 Å². The molecule has 3 rings (SSSR count). The van der Waals surface area contributed by atoms with Crippen LogP contribution in [-0.4, -0.2) is 35.8 Å². The van der Waals surface area contributed by atoms with Crippen molar-refractivity contribution in [2.24, 2.45) is 17.6 Å². The minimum atomic E-state index is -0.820. The average molecular weight is 351 g/mol. The van der Waals surface area contributed by atoms with E-state index in [1.807, 2.05) is 0 Å². The summed E-state index contributed by atoms with van der Waals surface area (Å²) in [6.45, 7) is 2.58. The highest BCUT2D eigenvalue weighted by atomic mass is 19.1. The van der Waals surface area contributed by atoms with Crippen molar-refractivity contribution in [2.75, 3.05) is 13.1 Å². The number of carbonyl (C=O) groups excluding carboxylic acids is 2. The van der Waals surface area contributed by atoms with Gasteiger partial charge in [-0.1, -0.05) is 6.07 Å². The van der Waals surface area contributed by atoms with Gasteiger partial charge in [-0.05, 0) is 30.7 Å². The summed E-state index contributed by atoms with van der Waals surface area (Å²) in [5.41, 5.74) is 6.21. The summed E-state index contributed by atoms with van der Waals surface area (Å²) in [6, 6.07) is 2.46. The highest BCUT2D eigenvalue weighted by molar-refractivity contribution is 5.79. The predicted molar refractivity (Wildman–Crippen MR) is 88.3 cm³/mol. The van der Waals surface area contributed by atoms with Gasteiger partial charge in [0.15, 0.2) is 0 Å². The summed E-state index contributed by atoms with van der Waals surface area (Å²) in [6.07, 6.45) is 1.96. The Labute approximate surface area is 145 Å². The molecular formula is C18H23F2N3O2. The maximum Gasteiger partial charge on any atom is 0.225 e. The fraction of sp³-hybridized carbons (Fsp3) is 0.556. The maximum atomic E-state index is 14.1. The smallest absolute Gasteiger partial charge is 0.225 e. The monoisotopic (exact) mass is 351 g/mol. The third kappa shape index (κ3) is 3.81. The van der Waals surface area contributed by atoms with E-state index in [2.05, 4.69) is 5.32 Å². The van der Waals surface area contributed by atoms with Crippen LogP contribution in [0.5, 0.6) is 0 Å². The van der Waals surface area contributed by atoms with Crippen LogP contribution in [0.4, 0.5) is 8.78 Å². The van der Waals surface area contributed by atoms with Gasteiger partial charge in [0.25, 0.3) is 0 Å². The summed E-state index contributed by atoms with van der Waals surface area (Å²) in [5, 5.41) is 2.60. The van der Waals surface area contributed by atoms with E-state index >= 15 is 0 Å². The first-order valence-corrected chi connectivity index (χ1v) is 8.60. The Balaban J connectivity index is 1.72. The second-order valence-corrected chi connectivity index (χ2v) is 7.09. The molecule has 1 saturated carbocycles. The minimum Gasteiger partial charge on any atom is -0.349 e. The number of hydrogen-bond acceptors (Lipinski definition) is 3. The van der Waals surface area contributed by atoms with E-state index in [0.29, 0.717) is 24.9 Å². The number of rotatable bonds is 4. The van der Waals surface area contributed by atoms with Gasteiger partial charge in [-0.3, -0.25) is 9.59 Å². The molecule has 136 valence electrons. The highest BCUT2D eigenvalue weighted by Gasteiger charge is 2.42. The van der Waals surface area contributed by atoms with Gasteiger partial charge in [-0.2, -0.15) is 0 Å². The SMILES string of the molecule is CC(=O)NC(CC(=O)N1CC2CCC(N)C2C1)c1ccc(F)cc1F. The third-order valence-electron chi connectivity index (χ3n) is 5.36. The van der Waals surface area contributed by atoms with Crippen LogP contribution in [0.15, 0.2) is 18.2 Å². The molecule has 1 aliphatic heterocycles. The van der Waals surface area contributed by atoms with Gasteiger partial charge >= 0.3 is 0 Å². The molecule has 3 N–H and O–H groups in total. The van der Waals surface area contributed by atoms with E-state index in [-0.39, 0.29) is 29.8 Å². The minimum absolute atomic E-state index is 0.0587. The van der Waals surface area contributed by atoms with Crippen LogP contribution in [0.1, 0.15) is 37.8 Å². The number of benzene rings is 1. The fourth-order valence-corrected chi connectivity index (χ4v) is 4.08. The molecule has 0 spiro atoms. The number of likely N-dealkylation sites (tertiary alicyclic amines) is 1. The van der Waals surface area contributed by atoms with Crippen molar-refractivity contribution in [2.45, 2.75) is 38.3 Å². The first-order valence-electron chi connectivity index (χ1n) is 8.60. The zero-order valence-corrected chi connectivity index (χ0v) is 14.2. The lowest BCUT2D eigenvalue weighted by Gasteiger charge is -2.23. The molecule has 1 aromatic rings. The van der Waals surface area contributed by atoms with Crippen LogP contribution >= 0.6 is 0 Å². The number of amides is 2. The maximum absolute atomic E-state index is 14.1. The summed E-state index contributed by atoms with van der Waals surface area (Å²) in [5.74, 6) is -1.24. The van der Waals surface area contributed by atoms with Crippen molar-refractivity contribution in [3.63, 3.8) is 0 Å². The Hall–Kier alpha value is -2.02. The molecule has 0 bridgehead atoms. The van der Waals surface area contributed by atoms with Crippen LogP contribution in [0, 0.1) is 23.5 Å². The molecule has 5 nitrogen and oxygen atoms in total. The van der Waals surface area contributed by atoms with E-state index in [9.17, 15) is 18.4 Å². The van der Waals surface area contributed by atoms with E-state index in [1.54, 1.807) is 4.90 Å². The number of halogens is 2. The van der Waals surface area contributed by atoms with Gasteiger partial charge in [-0.15, -0.1) is 0 Å². The molecule has 4 atom stereocenters. The second kappa shape index (κ2) is 7.07. The van der Waals surface area contributed by atoms with Gasteiger partial charge in [0.1, 0.15) is 11.6 Å². The number of hydrogen-bond donors (Lipinski definition) is 2. The molecular weight excluding hydrogens is 328 g/mol. The van der Waals surface area contributed by atoms with Crippen LogP contribution in [0.25, 0.3) is 0 Å². The van der Waals surface area contributed by atoms with Gasteiger partial charge in [-0.25, -0.2) is 8.78 Å². The lowest BCUT2D eigenvalue weighted by Crippen LogP contribution is -2.37. The quantitative estimate of drug-likeness (QED) is 0.867. The molecule has 2 aliphatic rings. The molecule has 1 saturated heterocycles. The molecule has 25 heavy (non-hydrogen) atoms. The Kier molecular flexibility index (Phi) is 5.03. The van der Waals surface area contributed by atoms with E-state index in [4.69, 9.17) is 5.73 Å². The fourth-order valence-electron chi connectivity index (χ4n) is 4.08. The molecule has 7 heteroatoms. The normalized spacial score (nSPS) is 26.4. The number of carbonyl (C=O) groups is 2. The molecule has 0 radical (unpaired) electrons. The van der Waals surface area contributed by atoms with Crippen molar-refractivity contribution >= 4 is 11.8 Å². The Morgan fingerprint density at radius 2 is 2.08 bits per heavy atom. The predicted octanol–water partition coefficient (Wildman–Crippen LogP) is 1.73. The van der Waals surface area contributed by atoms with Crippen molar-refractivity contribution in [3.05, 3.63) is 35.4 Å². The number of nitrogens with zero attached hydrogens (tertiary/aromatic N) is 1. The molecule has 0 aromatic heterocycles. The van der Waals surface area contributed by atoms with E-state index in [1.165, 1.54) is 13.0 Å². The summed E-state index contributed by atoms with van der Waals surface area (Å²) in [4.78, 5) is 25.9. The second-order valence-electron chi connectivity index (χ2n) is 7.09. The van der Waals surface area contributed by atoms with Crippen molar-refractivity contribution in [1.82, 2.24) is 10.2 Å². The Bertz CT molecular complexity index is 682. The van der Waals surface area contributed by atoms with E-state index < -0.39 is 17.7 Å². The zero-order valence-electron chi connectivity index (χ0n) is 14.2. The number of nitrogens with one attached hydrogen (secondary N) is 1. The summed E-state index contributed by atoms with van der Waals surface area (Å²) < 4.78 is 27.2. The highest BCUT2D eigenvalue weighted by Crippen LogP contribution is 2.37. The van der Waals surface area contributed by atoms with Crippen molar-refractivity contribution in [1.29, 1.82) is 0 Å². The van der Waals surface area contributed by atoms with Gasteiger partial charge in [0.05, 0.1) is 12.5 Å². The van der Waals surface area contributed by atoms with E-state index in [0.717, 1.165) is 25.0 Å². The number of fused-ring (bicyclic) bond motifs is 1. The molecule has 4 unspecified atom stereocenters. The summed E-state index contributed by atoms with van der Waals surface area (Å²) >= 11 is 0. The van der Waals surface area contributed by atoms with Crippen LogP contribution < -0.4 is 11.1 Å². The average Bonchev–Trinajstić information content (AvgIpc) is 3.09. The van der Waals surface area contributed by atoms with Gasteiger partial charge < -0.3 is 16.0 Å². The molecule has 1 aromatic carbocycles. The Morgan fingerprint density at radius 3 is 2.72 bits per heavy atom. The number of nitrogens with two attached hydrogens (primary N) is 1. The van der Waals surface area contributed by atoms with Gasteiger partial charge in [0.2, 0.25) is 11.8 Å². The van der Waals surface area contributed by atoms with Gasteiger partial charge in [0, 0.05) is 37.7 Å².